The van der Waals surface area contributed by atoms with Crippen molar-refractivity contribution in [2.24, 2.45) is 5.92 Å². The molecule has 1 aromatic heterocycles. The van der Waals surface area contributed by atoms with Crippen molar-refractivity contribution in [1.82, 2.24) is 10.3 Å². The molecule has 1 saturated carbocycles. The maximum absolute atomic E-state index is 4.43. The second kappa shape index (κ2) is 6.15. The molecule has 0 saturated heterocycles. The summed E-state index contributed by atoms with van der Waals surface area (Å²) in [5, 5.41) is 3.65. The third-order valence-corrected chi connectivity index (χ3v) is 4.07. The maximum Gasteiger partial charge on any atom is 0.0570 e. The van der Waals surface area contributed by atoms with E-state index < -0.39 is 0 Å². The van der Waals surface area contributed by atoms with Gasteiger partial charge in [0.1, 0.15) is 0 Å². The van der Waals surface area contributed by atoms with E-state index in [1.165, 1.54) is 43.4 Å². The van der Waals surface area contributed by atoms with E-state index in [0.717, 1.165) is 12.5 Å². The SMILES string of the molecule is Cc1cccnc1CN[C@@H](C)C1CCCCC1. The smallest absolute Gasteiger partial charge is 0.0570 e. The van der Waals surface area contributed by atoms with Crippen LogP contribution < -0.4 is 5.32 Å². The van der Waals surface area contributed by atoms with Gasteiger partial charge >= 0.3 is 0 Å². The molecule has 0 aromatic carbocycles. The summed E-state index contributed by atoms with van der Waals surface area (Å²) in [5.74, 6) is 0.868. The summed E-state index contributed by atoms with van der Waals surface area (Å²) in [6.07, 6.45) is 8.95. The first-order valence-corrected chi connectivity index (χ1v) is 6.91. The average molecular weight is 232 g/mol. The largest absolute Gasteiger partial charge is 0.308 e. The van der Waals surface area contributed by atoms with E-state index in [-0.39, 0.29) is 0 Å². The summed E-state index contributed by atoms with van der Waals surface area (Å²) in [4.78, 5) is 4.43. The number of nitrogens with one attached hydrogen (secondary N) is 1. The predicted molar refractivity (Wildman–Crippen MR) is 71.9 cm³/mol. The molecular formula is C15H24N2. The minimum Gasteiger partial charge on any atom is -0.308 e. The van der Waals surface area contributed by atoms with Crippen molar-refractivity contribution in [2.75, 3.05) is 0 Å². The topological polar surface area (TPSA) is 24.9 Å². The van der Waals surface area contributed by atoms with Crippen LogP contribution >= 0.6 is 0 Å². The van der Waals surface area contributed by atoms with Gasteiger partial charge in [-0.15, -0.1) is 0 Å². The number of hydrogen-bond donors (Lipinski definition) is 1. The van der Waals surface area contributed by atoms with Crippen molar-refractivity contribution in [3.8, 4) is 0 Å². The van der Waals surface area contributed by atoms with Gasteiger partial charge in [-0.25, -0.2) is 0 Å². The number of aryl methyl sites for hydroxylation is 1. The van der Waals surface area contributed by atoms with Gasteiger partial charge < -0.3 is 5.32 Å². The van der Waals surface area contributed by atoms with Crippen molar-refractivity contribution < 1.29 is 0 Å². The summed E-state index contributed by atoms with van der Waals surface area (Å²) < 4.78 is 0. The molecule has 1 fully saturated rings. The van der Waals surface area contributed by atoms with Gasteiger partial charge in [-0.3, -0.25) is 4.98 Å². The third kappa shape index (κ3) is 3.53. The normalized spacial score (nSPS) is 19.2. The zero-order valence-corrected chi connectivity index (χ0v) is 11.1. The Morgan fingerprint density at radius 2 is 2.12 bits per heavy atom. The molecule has 1 N–H and O–H groups in total. The maximum atomic E-state index is 4.43. The fourth-order valence-electron chi connectivity index (χ4n) is 2.76. The first-order chi connectivity index (χ1) is 8.27. The molecule has 1 aliphatic rings. The molecule has 94 valence electrons. The summed E-state index contributed by atoms with van der Waals surface area (Å²) in [6.45, 7) is 5.37. The molecule has 2 rings (SSSR count). The summed E-state index contributed by atoms with van der Waals surface area (Å²) >= 11 is 0. The second-order valence-corrected chi connectivity index (χ2v) is 5.33. The number of pyridine rings is 1. The summed E-state index contributed by atoms with van der Waals surface area (Å²) in [6, 6.07) is 4.76. The van der Waals surface area contributed by atoms with Gasteiger partial charge in [0.2, 0.25) is 0 Å². The highest BCUT2D eigenvalue weighted by Gasteiger charge is 2.19. The van der Waals surface area contributed by atoms with Crippen LogP contribution in [-0.4, -0.2) is 11.0 Å². The lowest BCUT2D eigenvalue weighted by atomic mass is 9.84. The lowest BCUT2D eigenvalue weighted by Crippen LogP contribution is -2.34. The Balaban J connectivity index is 1.83. The Bertz CT molecular complexity index is 343. The number of rotatable bonds is 4. The van der Waals surface area contributed by atoms with Crippen molar-refractivity contribution in [2.45, 2.75) is 58.5 Å². The van der Waals surface area contributed by atoms with E-state index in [4.69, 9.17) is 0 Å². The number of nitrogens with zero attached hydrogens (tertiary/aromatic N) is 1. The minimum absolute atomic E-state index is 0.622. The van der Waals surface area contributed by atoms with E-state index >= 15 is 0 Å². The van der Waals surface area contributed by atoms with Crippen LogP contribution in [0.25, 0.3) is 0 Å². The van der Waals surface area contributed by atoms with Gasteiger partial charge in [-0.2, -0.15) is 0 Å². The van der Waals surface area contributed by atoms with E-state index in [1.54, 1.807) is 0 Å². The predicted octanol–water partition coefficient (Wildman–Crippen LogP) is 3.45. The van der Waals surface area contributed by atoms with E-state index in [1.807, 2.05) is 12.3 Å². The molecule has 1 aromatic rings. The van der Waals surface area contributed by atoms with Crippen LogP contribution in [0.4, 0.5) is 0 Å². The van der Waals surface area contributed by atoms with Crippen LogP contribution in [0.3, 0.4) is 0 Å². The average Bonchev–Trinajstić information content (AvgIpc) is 2.38. The summed E-state index contributed by atoms with van der Waals surface area (Å²) in [5.41, 5.74) is 2.48. The van der Waals surface area contributed by atoms with Gasteiger partial charge in [-0.05, 0) is 44.2 Å². The van der Waals surface area contributed by atoms with Crippen LogP contribution in [0.5, 0.6) is 0 Å². The molecule has 17 heavy (non-hydrogen) atoms. The Hall–Kier alpha value is -0.890. The molecular weight excluding hydrogens is 208 g/mol. The quantitative estimate of drug-likeness (QED) is 0.860. The fourth-order valence-corrected chi connectivity index (χ4v) is 2.76. The van der Waals surface area contributed by atoms with Crippen molar-refractivity contribution in [3.63, 3.8) is 0 Å². The first kappa shape index (κ1) is 12.6. The lowest BCUT2D eigenvalue weighted by molar-refractivity contribution is 0.280. The fraction of sp³-hybridized carbons (Fsp3) is 0.667. The highest BCUT2D eigenvalue weighted by atomic mass is 14.9. The van der Waals surface area contributed by atoms with Crippen LogP contribution in [0, 0.1) is 12.8 Å². The van der Waals surface area contributed by atoms with Crippen LogP contribution in [-0.2, 0) is 6.54 Å². The minimum atomic E-state index is 0.622. The molecule has 0 spiro atoms. The van der Waals surface area contributed by atoms with Gasteiger partial charge in [0.15, 0.2) is 0 Å². The van der Waals surface area contributed by atoms with E-state index in [2.05, 4.69) is 30.2 Å². The van der Waals surface area contributed by atoms with Gasteiger partial charge in [-0.1, -0.05) is 25.3 Å². The van der Waals surface area contributed by atoms with Crippen molar-refractivity contribution in [1.29, 1.82) is 0 Å². The Labute approximate surface area is 105 Å². The molecule has 0 unspecified atom stereocenters. The van der Waals surface area contributed by atoms with Gasteiger partial charge in [0.05, 0.1) is 5.69 Å². The monoisotopic (exact) mass is 232 g/mol. The molecule has 1 heterocycles. The number of hydrogen-bond acceptors (Lipinski definition) is 2. The highest BCUT2D eigenvalue weighted by molar-refractivity contribution is 5.17. The molecule has 0 bridgehead atoms. The number of aromatic nitrogens is 1. The van der Waals surface area contributed by atoms with E-state index in [9.17, 15) is 0 Å². The second-order valence-electron chi connectivity index (χ2n) is 5.33. The Kier molecular flexibility index (Phi) is 4.55. The lowest BCUT2D eigenvalue weighted by Gasteiger charge is -2.28. The van der Waals surface area contributed by atoms with Crippen LogP contribution in [0.1, 0.15) is 50.3 Å². The Morgan fingerprint density at radius 3 is 2.82 bits per heavy atom. The highest BCUT2D eigenvalue weighted by Crippen LogP contribution is 2.26. The molecule has 1 aliphatic carbocycles. The zero-order chi connectivity index (χ0) is 12.1. The molecule has 1 atom stereocenters. The Morgan fingerprint density at radius 1 is 1.35 bits per heavy atom. The van der Waals surface area contributed by atoms with Crippen molar-refractivity contribution >= 4 is 0 Å². The third-order valence-electron chi connectivity index (χ3n) is 4.07. The molecule has 2 nitrogen and oxygen atoms in total. The van der Waals surface area contributed by atoms with Crippen LogP contribution in [0.15, 0.2) is 18.3 Å². The zero-order valence-electron chi connectivity index (χ0n) is 11.1. The first-order valence-electron chi connectivity index (χ1n) is 6.91. The van der Waals surface area contributed by atoms with Gasteiger partial charge in [0, 0.05) is 18.8 Å². The molecule has 0 amide bonds. The standard InChI is InChI=1S/C15H24N2/c1-12-7-6-10-16-15(12)11-17-13(2)14-8-4-3-5-9-14/h6-7,10,13-14,17H,3-5,8-9,11H2,1-2H3/t13-/m0/s1. The van der Waals surface area contributed by atoms with Crippen molar-refractivity contribution in [3.05, 3.63) is 29.6 Å². The molecule has 2 heteroatoms. The van der Waals surface area contributed by atoms with E-state index in [0.29, 0.717) is 6.04 Å². The molecule has 0 radical (unpaired) electrons. The molecule has 0 aliphatic heterocycles. The summed E-state index contributed by atoms with van der Waals surface area (Å²) in [7, 11) is 0. The van der Waals surface area contributed by atoms with Gasteiger partial charge in [0.25, 0.3) is 0 Å². The van der Waals surface area contributed by atoms with Crippen LogP contribution in [0.2, 0.25) is 0 Å².